The van der Waals surface area contributed by atoms with Crippen molar-refractivity contribution in [2.24, 2.45) is 4.99 Å². The number of carbonyl (C=O) groups is 2. The third kappa shape index (κ3) is 5.30. The van der Waals surface area contributed by atoms with Crippen molar-refractivity contribution in [2.75, 3.05) is 14.2 Å². The van der Waals surface area contributed by atoms with Gasteiger partial charge in [0.05, 0.1) is 26.7 Å². The first-order chi connectivity index (χ1) is 16.1. The first kappa shape index (κ1) is 21.9. The summed E-state index contributed by atoms with van der Waals surface area (Å²) in [4.78, 5) is 29.6. The molecule has 33 heavy (non-hydrogen) atoms. The molecule has 1 heterocycles. The van der Waals surface area contributed by atoms with Crippen LogP contribution in [0.3, 0.4) is 0 Å². The van der Waals surface area contributed by atoms with Gasteiger partial charge in [-0.3, -0.25) is 20.2 Å². The summed E-state index contributed by atoms with van der Waals surface area (Å²) in [6.07, 6.45) is 0.119. The van der Waals surface area contributed by atoms with Gasteiger partial charge in [-0.1, -0.05) is 18.2 Å². The molecule has 0 saturated carbocycles. The van der Waals surface area contributed by atoms with Gasteiger partial charge in [-0.05, 0) is 54.6 Å². The zero-order chi connectivity index (χ0) is 23.2. The molecular weight excluding hydrogens is 422 g/mol. The highest BCUT2D eigenvalue weighted by molar-refractivity contribution is 6.10. The Morgan fingerprint density at radius 3 is 2.33 bits per heavy atom. The van der Waals surface area contributed by atoms with Crippen LogP contribution in [0.2, 0.25) is 0 Å². The Hall–Kier alpha value is -4.33. The van der Waals surface area contributed by atoms with Crippen LogP contribution < -0.4 is 24.8 Å². The highest BCUT2D eigenvalue weighted by Gasteiger charge is 2.26. The second kappa shape index (κ2) is 9.86. The van der Waals surface area contributed by atoms with Crippen LogP contribution >= 0.6 is 0 Å². The second-order valence-electron chi connectivity index (χ2n) is 7.25. The number of hydrogen-bond acceptors (Lipinski definition) is 6. The van der Waals surface area contributed by atoms with Crippen molar-refractivity contribution in [3.63, 3.8) is 0 Å². The van der Waals surface area contributed by atoms with Crippen LogP contribution in [-0.2, 0) is 4.79 Å². The van der Waals surface area contributed by atoms with E-state index < -0.39 is 11.9 Å². The van der Waals surface area contributed by atoms with E-state index in [1.54, 1.807) is 56.7 Å². The van der Waals surface area contributed by atoms with Gasteiger partial charge in [-0.15, -0.1) is 0 Å². The van der Waals surface area contributed by atoms with Crippen molar-refractivity contribution < 1.29 is 23.8 Å². The maximum atomic E-state index is 12.7. The van der Waals surface area contributed by atoms with Crippen molar-refractivity contribution in [1.82, 2.24) is 10.6 Å². The molecule has 4 rings (SSSR count). The van der Waals surface area contributed by atoms with Gasteiger partial charge in [0, 0.05) is 11.1 Å². The van der Waals surface area contributed by atoms with E-state index in [-0.39, 0.29) is 18.3 Å². The van der Waals surface area contributed by atoms with E-state index in [1.165, 1.54) is 0 Å². The molecule has 3 aromatic rings. The molecule has 2 amide bonds. The third-order valence-corrected chi connectivity index (χ3v) is 5.04. The minimum absolute atomic E-state index is 0.0794. The third-order valence-electron chi connectivity index (χ3n) is 5.04. The number of aliphatic imine (C=N–C) groups is 1. The molecule has 0 radical (unpaired) electrons. The molecule has 0 saturated heterocycles. The summed E-state index contributed by atoms with van der Waals surface area (Å²) in [5.41, 5.74) is 1.09. The van der Waals surface area contributed by atoms with Crippen molar-refractivity contribution in [3.8, 4) is 23.0 Å². The van der Waals surface area contributed by atoms with Crippen molar-refractivity contribution in [2.45, 2.75) is 12.5 Å². The zero-order valence-electron chi connectivity index (χ0n) is 18.2. The Morgan fingerprint density at radius 2 is 1.64 bits per heavy atom. The van der Waals surface area contributed by atoms with Crippen molar-refractivity contribution in [3.05, 3.63) is 83.9 Å². The van der Waals surface area contributed by atoms with Crippen LogP contribution in [0.4, 0.5) is 0 Å². The van der Waals surface area contributed by atoms with Gasteiger partial charge in [0.1, 0.15) is 23.0 Å². The highest BCUT2D eigenvalue weighted by atomic mass is 16.5. The van der Waals surface area contributed by atoms with E-state index in [9.17, 15) is 9.59 Å². The highest BCUT2D eigenvalue weighted by Crippen LogP contribution is 2.34. The number of nitrogens with one attached hydrogen (secondary N) is 2. The van der Waals surface area contributed by atoms with Gasteiger partial charge in [0.15, 0.2) is 0 Å². The van der Waals surface area contributed by atoms with Gasteiger partial charge in [0.2, 0.25) is 11.9 Å². The van der Waals surface area contributed by atoms with Crippen LogP contribution in [0.25, 0.3) is 0 Å². The summed E-state index contributed by atoms with van der Waals surface area (Å²) in [5.74, 6) is 1.92. The number of carbonyl (C=O) groups excluding carboxylic acids is 2. The Kier molecular flexibility index (Phi) is 6.54. The van der Waals surface area contributed by atoms with E-state index in [4.69, 9.17) is 14.2 Å². The largest absolute Gasteiger partial charge is 0.497 e. The number of benzene rings is 3. The molecule has 8 heteroatoms. The fourth-order valence-electron chi connectivity index (χ4n) is 3.41. The summed E-state index contributed by atoms with van der Waals surface area (Å²) in [5, 5.41) is 5.28. The SMILES string of the molecule is COc1ccc(OC)c([C@@H]2CC(=O)NC(NC(=O)c3ccc(Oc4ccccc4)cc3)=N2)c1. The zero-order valence-corrected chi connectivity index (χ0v) is 18.2. The Labute approximate surface area is 191 Å². The fourth-order valence-corrected chi connectivity index (χ4v) is 3.41. The smallest absolute Gasteiger partial charge is 0.257 e. The van der Waals surface area contributed by atoms with Gasteiger partial charge < -0.3 is 14.2 Å². The van der Waals surface area contributed by atoms with Crippen LogP contribution in [0, 0.1) is 0 Å². The molecule has 0 unspecified atom stereocenters. The molecule has 1 atom stereocenters. The summed E-state index contributed by atoms with van der Waals surface area (Å²) in [6, 6.07) is 20.8. The topological polar surface area (TPSA) is 98.2 Å². The summed E-state index contributed by atoms with van der Waals surface area (Å²) < 4.78 is 16.4. The average molecular weight is 445 g/mol. The molecule has 0 spiro atoms. The number of rotatable bonds is 6. The number of amides is 2. The van der Waals surface area contributed by atoms with E-state index in [1.807, 2.05) is 30.3 Å². The molecule has 3 aromatic carbocycles. The molecule has 0 bridgehead atoms. The molecule has 0 fully saturated rings. The van der Waals surface area contributed by atoms with Crippen LogP contribution in [-0.4, -0.2) is 32.0 Å². The van der Waals surface area contributed by atoms with Gasteiger partial charge >= 0.3 is 0 Å². The van der Waals surface area contributed by atoms with Crippen molar-refractivity contribution >= 4 is 17.8 Å². The molecule has 8 nitrogen and oxygen atoms in total. The van der Waals surface area contributed by atoms with Crippen LogP contribution in [0.15, 0.2) is 77.8 Å². The van der Waals surface area contributed by atoms with Crippen LogP contribution in [0.5, 0.6) is 23.0 Å². The van der Waals surface area contributed by atoms with E-state index in [2.05, 4.69) is 15.6 Å². The lowest BCUT2D eigenvalue weighted by atomic mass is 10.0. The molecule has 0 aliphatic carbocycles. The fraction of sp³-hybridized carbons (Fsp3) is 0.160. The molecule has 168 valence electrons. The average Bonchev–Trinajstić information content (AvgIpc) is 2.84. The predicted molar refractivity (Wildman–Crippen MR) is 123 cm³/mol. The van der Waals surface area contributed by atoms with Crippen LogP contribution in [0.1, 0.15) is 28.4 Å². The first-order valence-electron chi connectivity index (χ1n) is 10.3. The first-order valence-corrected chi connectivity index (χ1v) is 10.3. The van der Waals surface area contributed by atoms with E-state index >= 15 is 0 Å². The number of guanidine groups is 1. The number of ether oxygens (including phenoxy) is 3. The molecule has 1 aliphatic heterocycles. The van der Waals surface area contributed by atoms with Crippen molar-refractivity contribution in [1.29, 1.82) is 0 Å². The maximum absolute atomic E-state index is 12.7. The second-order valence-corrected chi connectivity index (χ2v) is 7.25. The van der Waals surface area contributed by atoms with Gasteiger partial charge in [-0.25, -0.2) is 4.99 Å². The minimum Gasteiger partial charge on any atom is -0.497 e. The minimum atomic E-state index is -0.527. The van der Waals surface area contributed by atoms with E-state index in [0.717, 1.165) is 0 Å². The number of nitrogens with zero attached hydrogens (tertiary/aromatic N) is 1. The summed E-state index contributed by atoms with van der Waals surface area (Å²) >= 11 is 0. The Bertz CT molecular complexity index is 1180. The number of methoxy groups -OCH3 is 2. The Balaban J connectivity index is 1.49. The number of para-hydroxylation sites is 1. The van der Waals surface area contributed by atoms with Gasteiger partial charge in [0.25, 0.3) is 5.91 Å². The standard InChI is InChI=1S/C25H23N3O5/c1-31-19-12-13-22(32-2)20(14-19)21-15-23(29)27-25(26-21)28-24(30)16-8-10-18(11-9-16)33-17-6-4-3-5-7-17/h3-14,21H,15H2,1-2H3,(H2,26,27,28,29,30)/t21-/m0/s1. The van der Waals surface area contributed by atoms with Gasteiger partial charge in [-0.2, -0.15) is 0 Å². The molecule has 0 aromatic heterocycles. The lowest BCUT2D eigenvalue weighted by molar-refractivity contribution is -0.120. The monoisotopic (exact) mass is 445 g/mol. The molecule has 2 N–H and O–H groups in total. The normalized spacial score (nSPS) is 15.2. The molecule has 1 aliphatic rings. The number of hydrogen-bond donors (Lipinski definition) is 2. The lowest BCUT2D eigenvalue weighted by Crippen LogP contribution is -2.47. The maximum Gasteiger partial charge on any atom is 0.257 e. The summed E-state index contributed by atoms with van der Waals surface area (Å²) in [6.45, 7) is 0. The Morgan fingerprint density at radius 1 is 0.939 bits per heavy atom. The predicted octanol–water partition coefficient (Wildman–Crippen LogP) is 3.84. The quantitative estimate of drug-likeness (QED) is 0.601. The van der Waals surface area contributed by atoms with E-state index in [0.29, 0.717) is 34.1 Å². The summed E-state index contributed by atoms with van der Waals surface area (Å²) in [7, 11) is 3.11. The molecular formula is C25H23N3O5. The lowest BCUT2D eigenvalue weighted by Gasteiger charge is -2.23.